The van der Waals surface area contributed by atoms with Gasteiger partial charge in [-0.3, -0.25) is 4.98 Å². The molecule has 1 unspecified atom stereocenters. The zero-order chi connectivity index (χ0) is 13.1. The molecule has 1 fully saturated rings. The lowest BCUT2D eigenvalue weighted by molar-refractivity contribution is 0.341. The van der Waals surface area contributed by atoms with Gasteiger partial charge in [0.1, 0.15) is 0 Å². The van der Waals surface area contributed by atoms with Gasteiger partial charge in [0.15, 0.2) is 0 Å². The van der Waals surface area contributed by atoms with Gasteiger partial charge in [0.25, 0.3) is 0 Å². The molecule has 0 radical (unpaired) electrons. The summed E-state index contributed by atoms with van der Waals surface area (Å²) in [5.74, 6) is 1.85. The van der Waals surface area contributed by atoms with Crippen molar-refractivity contribution in [3.63, 3.8) is 0 Å². The third kappa shape index (κ3) is 2.81. The summed E-state index contributed by atoms with van der Waals surface area (Å²) in [7, 11) is 0. The number of hydrogen-bond acceptors (Lipinski definition) is 5. The quantitative estimate of drug-likeness (QED) is 0.909. The molecule has 0 aliphatic heterocycles. The zero-order valence-corrected chi connectivity index (χ0v) is 10.8. The maximum atomic E-state index is 6.22. The van der Waals surface area contributed by atoms with Crippen LogP contribution in [0.2, 0.25) is 0 Å². The molecular formula is C14H18N4O. The minimum atomic E-state index is 0.133. The third-order valence-corrected chi connectivity index (χ3v) is 3.82. The molecule has 5 heteroatoms. The first-order valence-corrected chi connectivity index (χ1v) is 6.81. The van der Waals surface area contributed by atoms with Crippen molar-refractivity contribution in [1.29, 1.82) is 0 Å². The van der Waals surface area contributed by atoms with Crippen LogP contribution in [0.25, 0.3) is 11.4 Å². The molecule has 0 spiro atoms. The van der Waals surface area contributed by atoms with E-state index < -0.39 is 0 Å². The Morgan fingerprint density at radius 1 is 1.26 bits per heavy atom. The van der Waals surface area contributed by atoms with E-state index in [0.717, 1.165) is 5.56 Å². The topological polar surface area (TPSA) is 77.8 Å². The van der Waals surface area contributed by atoms with E-state index in [0.29, 0.717) is 24.1 Å². The Labute approximate surface area is 112 Å². The van der Waals surface area contributed by atoms with Crippen molar-refractivity contribution < 1.29 is 4.52 Å². The van der Waals surface area contributed by atoms with E-state index in [9.17, 15) is 0 Å². The number of rotatable bonds is 4. The predicted molar refractivity (Wildman–Crippen MR) is 71.2 cm³/mol. The second kappa shape index (κ2) is 5.48. The van der Waals surface area contributed by atoms with Crippen LogP contribution in [-0.4, -0.2) is 21.2 Å². The van der Waals surface area contributed by atoms with Crippen LogP contribution in [0.1, 0.15) is 31.6 Å². The Bertz CT molecular complexity index is 519. The highest BCUT2D eigenvalue weighted by Crippen LogP contribution is 2.28. The van der Waals surface area contributed by atoms with Crippen molar-refractivity contribution >= 4 is 0 Å². The first-order chi connectivity index (χ1) is 9.33. The second-order valence-electron chi connectivity index (χ2n) is 5.16. The maximum Gasteiger partial charge on any atom is 0.228 e. The van der Waals surface area contributed by atoms with Gasteiger partial charge in [-0.15, -0.1) is 0 Å². The van der Waals surface area contributed by atoms with Crippen LogP contribution in [0.15, 0.2) is 29.0 Å². The van der Waals surface area contributed by atoms with E-state index in [1.807, 2.05) is 12.1 Å². The Hall–Kier alpha value is -1.75. The molecule has 1 atom stereocenters. The van der Waals surface area contributed by atoms with Gasteiger partial charge in [0.2, 0.25) is 11.7 Å². The number of nitrogens with zero attached hydrogens (tertiary/aromatic N) is 3. The highest BCUT2D eigenvalue weighted by Gasteiger charge is 2.24. The lowest BCUT2D eigenvalue weighted by Crippen LogP contribution is -2.30. The van der Waals surface area contributed by atoms with Gasteiger partial charge in [-0.05, 0) is 30.9 Å². The van der Waals surface area contributed by atoms with Crippen molar-refractivity contribution in [3.8, 4) is 11.4 Å². The minimum absolute atomic E-state index is 0.133. The summed E-state index contributed by atoms with van der Waals surface area (Å²) in [5, 5.41) is 4.00. The molecule has 5 nitrogen and oxygen atoms in total. The van der Waals surface area contributed by atoms with Crippen LogP contribution >= 0.6 is 0 Å². The summed E-state index contributed by atoms with van der Waals surface area (Å²) in [6, 6.07) is 3.87. The molecule has 1 aliphatic carbocycles. The van der Waals surface area contributed by atoms with Gasteiger partial charge < -0.3 is 10.3 Å². The first-order valence-electron chi connectivity index (χ1n) is 6.81. The van der Waals surface area contributed by atoms with Gasteiger partial charge in [0.05, 0.1) is 0 Å². The van der Waals surface area contributed by atoms with Crippen LogP contribution < -0.4 is 5.73 Å². The standard InChI is InChI=1S/C14H18N4O/c15-12(10-3-1-2-4-10)9-13-17-14(18-19-13)11-5-7-16-8-6-11/h5-8,10,12H,1-4,9,15H2. The largest absolute Gasteiger partial charge is 0.339 e. The summed E-state index contributed by atoms with van der Waals surface area (Å²) in [4.78, 5) is 8.38. The fourth-order valence-electron chi connectivity index (χ4n) is 2.71. The van der Waals surface area contributed by atoms with E-state index in [2.05, 4.69) is 15.1 Å². The molecule has 0 saturated heterocycles. The minimum Gasteiger partial charge on any atom is -0.339 e. The van der Waals surface area contributed by atoms with Crippen molar-refractivity contribution in [1.82, 2.24) is 15.1 Å². The zero-order valence-electron chi connectivity index (χ0n) is 10.8. The molecule has 2 heterocycles. The molecule has 0 aromatic carbocycles. The van der Waals surface area contributed by atoms with Gasteiger partial charge in [-0.1, -0.05) is 18.0 Å². The Balaban J connectivity index is 1.68. The highest BCUT2D eigenvalue weighted by molar-refractivity contribution is 5.52. The highest BCUT2D eigenvalue weighted by atomic mass is 16.5. The van der Waals surface area contributed by atoms with Crippen molar-refractivity contribution in [2.75, 3.05) is 0 Å². The summed E-state index contributed by atoms with van der Waals surface area (Å²) in [6.07, 6.45) is 9.15. The fraction of sp³-hybridized carbons (Fsp3) is 0.500. The number of hydrogen-bond donors (Lipinski definition) is 1. The molecule has 2 aromatic heterocycles. The van der Waals surface area contributed by atoms with Gasteiger partial charge in [-0.2, -0.15) is 4.98 Å². The average molecular weight is 258 g/mol. The monoisotopic (exact) mass is 258 g/mol. The molecule has 1 saturated carbocycles. The normalized spacial score (nSPS) is 17.7. The molecule has 2 N–H and O–H groups in total. The Kier molecular flexibility index (Phi) is 3.55. The molecule has 0 bridgehead atoms. The van der Waals surface area contributed by atoms with Crippen molar-refractivity contribution in [2.24, 2.45) is 11.7 Å². The van der Waals surface area contributed by atoms with Crippen LogP contribution in [-0.2, 0) is 6.42 Å². The molecule has 0 amide bonds. The summed E-state index contributed by atoms with van der Waals surface area (Å²) in [5.41, 5.74) is 7.14. The second-order valence-corrected chi connectivity index (χ2v) is 5.16. The summed E-state index contributed by atoms with van der Waals surface area (Å²) < 4.78 is 5.29. The fourth-order valence-corrected chi connectivity index (χ4v) is 2.71. The number of nitrogens with two attached hydrogens (primary N) is 1. The van der Waals surface area contributed by atoms with Gasteiger partial charge in [0, 0.05) is 30.4 Å². The summed E-state index contributed by atoms with van der Waals surface area (Å²) in [6.45, 7) is 0. The third-order valence-electron chi connectivity index (χ3n) is 3.82. The van der Waals surface area contributed by atoms with Crippen LogP contribution in [0.4, 0.5) is 0 Å². The lowest BCUT2D eigenvalue weighted by Gasteiger charge is -2.16. The molecule has 1 aliphatic rings. The molecule has 100 valence electrons. The van der Waals surface area contributed by atoms with Gasteiger partial charge in [-0.25, -0.2) is 0 Å². The van der Waals surface area contributed by atoms with E-state index in [1.165, 1.54) is 25.7 Å². The maximum absolute atomic E-state index is 6.22. The van der Waals surface area contributed by atoms with E-state index in [-0.39, 0.29) is 6.04 Å². The molecule has 2 aromatic rings. The van der Waals surface area contributed by atoms with Crippen molar-refractivity contribution in [2.45, 2.75) is 38.1 Å². The lowest BCUT2D eigenvalue weighted by atomic mass is 9.96. The molecule has 3 rings (SSSR count). The Morgan fingerprint density at radius 2 is 2.00 bits per heavy atom. The average Bonchev–Trinajstić information content (AvgIpc) is 3.11. The van der Waals surface area contributed by atoms with E-state index in [1.54, 1.807) is 12.4 Å². The van der Waals surface area contributed by atoms with Crippen LogP contribution in [0.3, 0.4) is 0 Å². The molecular weight excluding hydrogens is 240 g/mol. The van der Waals surface area contributed by atoms with Crippen LogP contribution in [0.5, 0.6) is 0 Å². The first kappa shape index (κ1) is 12.3. The SMILES string of the molecule is NC(Cc1nc(-c2ccncc2)no1)C1CCCC1. The summed E-state index contributed by atoms with van der Waals surface area (Å²) >= 11 is 0. The number of pyridine rings is 1. The smallest absolute Gasteiger partial charge is 0.228 e. The van der Waals surface area contributed by atoms with E-state index >= 15 is 0 Å². The van der Waals surface area contributed by atoms with E-state index in [4.69, 9.17) is 10.3 Å². The van der Waals surface area contributed by atoms with Crippen LogP contribution in [0, 0.1) is 5.92 Å². The van der Waals surface area contributed by atoms with Crippen molar-refractivity contribution in [3.05, 3.63) is 30.4 Å². The Morgan fingerprint density at radius 3 is 2.74 bits per heavy atom. The molecule has 19 heavy (non-hydrogen) atoms. The van der Waals surface area contributed by atoms with Gasteiger partial charge >= 0.3 is 0 Å². The predicted octanol–water partition coefficient (Wildman–Crippen LogP) is 2.19. The number of aromatic nitrogens is 3.